The normalized spacial score (nSPS) is 15.1. The number of hydrogen-bond donors (Lipinski definition) is 2. The van der Waals surface area contributed by atoms with E-state index < -0.39 is 6.10 Å². The molecule has 0 bridgehead atoms. The maximum absolute atomic E-state index is 12.6. The molecule has 1 aliphatic carbocycles. The van der Waals surface area contributed by atoms with Crippen LogP contribution in [0, 0.1) is 6.92 Å². The summed E-state index contributed by atoms with van der Waals surface area (Å²) in [6.45, 7) is 3.72. The summed E-state index contributed by atoms with van der Waals surface area (Å²) in [5.41, 5.74) is 5.42. The molecule has 0 saturated heterocycles. The fourth-order valence-corrected chi connectivity index (χ4v) is 4.10. The Hall–Kier alpha value is -2.43. The predicted octanol–water partition coefficient (Wildman–Crippen LogP) is 3.62. The number of aromatic nitrogens is 1. The van der Waals surface area contributed by atoms with Gasteiger partial charge in [0.25, 0.3) is 0 Å². The monoisotopic (exact) mass is 362 g/mol. The third kappa shape index (κ3) is 3.68. The highest BCUT2D eigenvalue weighted by molar-refractivity contribution is 6.04. The van der Waals surface area contributed by atoms with Crippen molar-refractivity contribution in [2.24, 2.45) is 0 Å². The van der Waals surface area contributed by atoms with Crippen LogP contribution in [0.5, 0.6) is 0 Å². The number of carbonyl (C=O) groups excluding carboxylic acids is 1. The summed E-state index contributed by atoms with van der Waals surface area (Å²) in [5, 5.41) is 15.1. The number of Topliss-reactive ketones (excluding diaryl/α,β-unsaturated/α-hetero) is 1. The highest BCUT2D eigenvalue weighted by Gasteiger charge is 2.26. The molecule has 1 atom stereocenters. The van der Waals surface area contributed by atoms with E-state index in [1.807, 2.05) is 22.8 Å². The van der Waals surface area contributed by atoms with E-state index in [0.717, 1.165) is 36.2 Å². The number of aliphatic hydroxyl groups excluding tert-OH is 1. The highest BCUT2D eigenvalue weighted by atomic mass is 16.3. The molecule has 3 aromatic rings. The minimum absolute atomic E-state index is 0.203. The molecule has 0 fully saturated rings. The zero-order valence-corrected chi connectivity index (χ0v) is 15.7. The van der Waals surface area contributed by atoms with Crippen LogP contribution in [0.1, 0.15) is 40.0 Å². The number of carbonyl (C=O) groups is 1. The summed E-state index contributed by atoms with van der Waals surface area (Å²) in [5.74, 6) is 0.203. The Bertz CT molecular complexity index is 959. The van der Waals surface area contributed by atoms with Crippen molar-refractivity contribution in [3.63, 3.8) is 0 Å². The van der Waals surface area contributed by atoms with Gasteiger partial charge in [0.05, 0.1) is 18.3 Å². The number of nitrogens with zero attached hydrogens (tertiary/aromatic N) is 1. The van der Waals surface area contributed by atoms with Crippen molar-refractivity contribution in [3.8, 4) is 0 Å². The molecule has 4 heteroatoms. The van der Waals surface area contributed by atoms with E-state index in [1.165, 1.54) is 16.5 Å². The molecule has 0 saturated carbocycles. The third-order valence-electron chi connectivity index (χ3n) is 5.36. The van der Waals surface area contributed by atoms with Crippen LogP contribution in [0.15, 0.2) is 48.5 Å². The number of rotatable bonds is 6. The minimum atomic E-state index is -0.551. The molecular weight excluding hydrogens is 336 g/mol. The van der Waals surface area contributed by atoms with Crippen LogP contribution in [-0.2, 0) is 19.5 Å². The van der Waals surface area contributed by atoms with Crippen LogP contribution in [0.4, 0.5) is 0 Å². The van der Waals surface area contributed by atoms with Crippen LogP contribution in [0.2, 0.25) is 0 Å². The van der Waals surface area contributed by atoms with E-state index in [1.54, 1.807) is 0 Å². The van der Waals surface area contributed by atoms with Crippen molar-refractivity contribution in [1.29, 1.82) is 0 Å². The predicted molar refractivity (Wildman–Crippen MR) is 108 cm³/mol. The number of aliphatic hydroxyl groups is 1. The van der Waals surface area contributed by atoms with Crippen molar-refractivity contribution < 1.29 is 9.90 Å². The summed E-state index contributed by atoms with van der Waals surface area (Å²) in [6, 6.07) is 16.5. The lowest BCUT2D eigenvalue weighted by Gasteiger charge is -2.18. The largest absolute Gasteiger partial charge is 0.390 e. The molecule has 0 unspecified atom stereocenters. The van der Waals surface area contributed by atoms with Gasteiger partial charge in [0.15, 0.2) is 5.78 Å². The molecular formula is C23H26N2O2. The highest BCUT2D eigenvalue weighted by Crippen LogP contribution is 2.33. The van der Waals surface area contributed by atoms with Gasteiger partial charge in [-0.15, -0.1) is 0 Å². The van der Waals surface area contributed by atoms with Crippen LogP contribution in [0.25, 0.3) is 10.9 Å². The van der Waals surface area contributed by atoms with Crippen LogP contribution in [-0.4, -0.2) is 28.1 Å². The smallest absolute Gasteiger partial charge is 0.179 e. The van der Waals surface area contributed by atoms with Gasteiger partial charge < -0.3 is 15.0 Å². The number of benzene rings is 2. The van der Waals surface area contributed by atoms with Crippen LogP contribution < -0.4 is 5.32 Å². The van der Waals surface area contributed by atoms with E-state index in [9.17, 15) is 9.90 Å². The molecule has 4 rings (SSSR count). The first kappa shape index (κ1) is 18.0. The van der Waals surface area contributed by atoms with Crippen molar-refractivity contribution in [3.05, 3.63) is 70.9 Å². The molecule has 4 nitrogen and oxygen atoms in total. The van der Waals surface area contributed by atoms with Gasteiger partial charge in [-0.05, 0) is 43.0 Å². The van der Waals surface area contributed by atoms with Crippen LogP contribution >= 0.6 is 0 Å². The third-order valence-corrected chi connectivity index (χ3v) is 5.36. The molecule has 0 amide bonds. The summed E-state index contributed by atoms with van der Waals surface area (Å²) < 4.78 is 2.04. The Kier molecular flexibility index (Phi) is 5.10. The van der Waals surface area contributed by atoms with Crippen molar-refractivity contribution in [1.82, 2.24) is 9.88 Å². The lowest BCUT2D eigenvalue weighted by atomic mass is 9.94. The number of ketones is 1. The summed E-state index contributed by atoms with van der Waals surface area (Å²) >= 11 is 0. The first-order chi connectivity index (χ1) is 13.1. The standard InChI is InChI=1S/C23H26N2O2/c1-16-10-11-21-20(12-16)19-8-5-9-22(27)23(19)25(21)15-18(26)14-24-13-17-6-3-2-4-7-17/h2-4,6-7,10-12,18,24,26H,5,8-9,13-15H2,1H3/t18-/m0/s1. The summed E-state index contributed by atoms with van der Waals surface area (Å²) in [7, 11) is 0. The maximum Gasteiger partial charge on any atom is 0.179 e. The van der Waals surface area contributed by atoms with Gasteiger partial charge in [0.2, 0.25) is 0 Å². The Labute approximate surface area is 159 Å². The van der Waals surface area contributed by atoms with E-state index in [0.29, 0.717) is 19.5 Å². The molecule has 27 heavy (non-hydrogen) atoms. The summed E-state index contributed by atoms with van der Waals surface area (Å²) in [6.07, 6.45) is 1.91. The fourth-order valence-electron chi connectivity index (χ4n) is 4.10. The average Bonchev–Trinajstić information content (AvgIpc) is 2.97. The van der Waals surface area contributed by atoms with E-state index in [-0.39, 0.29) is 5.78 Å². The Morgan fingerprint density at radius 1 is 1.15 bits per heavy atom. The molecule has 1 aliphatic rings. The van der Waals surface area contributed by atoms with Gasteiger partial charge in [-0.3, -0.25) is 4.79 Å². The molecule has 0 radical (unpaired) electrons. The molecule has 140 valence electrons. The zero-order chi connectivity index (χ0) is 18.8. The van der Waals surface area contributed by atoms with E-state index in [2.05, 4.69) is 42.6 Å². The number of hydrogen-bond acceptors (Lipinski definition) is 3. The number of aryl methyl sites for hydroxylation is 2. The lowest BCUT2D eigenvalue weighted by Crippen LogP contribution is -2.31. The molecule has 0 aliphatic heterocycles. The first-order valence-electron chi connectivity index (χ1n) is 9.71. The average molecular weight is 362 g/mol. The molecule has 1 aromatic heterocycles. The Morgan fingerprint density at radius 2 is 1.96 bits per heavy atom. The molecule has 2 aromatic carbocycles. The fraction of sp³-hybridized carbons (Fsp3) is 0.348. The van der Waals surface area contributed by atoms with Crippen molar-refractivity contribution >= 4 is 16.7 Å². The number of nitrogens with one attached hydrogen (secondary N) is 1. The van der Waals surface area contributed by atoms with Gasteiger partial charge in [-0.25, -0.2) is 0 Å². The van der Waals surface area contributed by atoms with Crippen LogP contribution in [0.3, 0.4) is 0 Å². The van der Waals surface area contributed by atoms with Gasteiger partial charge in [-0.2, -0.15) is 0 Å². The molecule has 0 spiro atoms. The lowest BCUT2D eigenvalue weighted by molar-refractivity contribution is 0.0956. The molecule has 1 heterocycles. The van der Waals surface area contributed by atoms with E-state index >= 15 is 0 Å². The Balaban J connectivity index is 1.54. The van der Waals surface area contributed by atoms with Gasteiger partial charge >= 0.3 is 0 Å². The number of fused-ring (bicyclic) bond motifs is 3. The second kappa shape index (κ2) is 7.67. The minimum Gasteiger partial charge on any atom is -0.390 e. The van der Waals surface area contributed by atoms with Gasteiger partial charge in [0, 0.05) is 30.4 Å². The Morgan fingerprint density at radius 3 is 2.78 bits per heavy atom. The van der Waals surface area contributed by atoms with Gasteiger partial charge in [0.1, 0.15) is 0 Å². The first-order valence-corrected chi connectivity index (χ1v) is 9.71. The second-order valence-electron chi connectivity index (χ2n) is 7.51. The SMILES string of the molecule is Cc1ccc2c(c1)c1c(n2C[C@@H](O)CNCc2ccccc2)C(=O)CCC1. The van der Waals surface area contributed by atoms with Gasteiger partial charge in [-0.1, -0.05) is 42.0 Å². The van der Waals surface area contributed by atoms with Crippen molar-refractivity contribution in [2.45, 2.75) is 45.4 Å². The summed E-state index contributed by atoms with van der Waals surface area (Å²) in [4.78, 5) is 12.6. The topological polar surface area (TPSA) is 54.3 Å². The second-order valence-corrected chi connectivity index (χ2v) is 7.51. The quantitative estimate of drug-likeness (QED) is 0.704. The van der Waals surface area contributed by atoms with E-state index in [4.69, 9.17) is 0 Å². The zero-order valence-electron chi connectivity index (χ0n) is 15.7. The maximum atomic E-state index is 12.6. The molecule has 2 N–H and O–H groups in total. The van der Waals surface area contributed by atoms with Crippen molar-refractivity contribution in [2.75, 3.05) is 6.54 Å².